The molecular weight excluding hydrogens is 314 g/mol. The van der Waals surface area contributed by atoms with Crippen LogP contribution in [0.2, 0.25) is 0 Å². The van der Waals surface area contributed by atoms with Crippen molar-refractivity contribution in [1.82, 2.24) is 25.5 Å². The van der Waals surface area contributed by atoms with Crippen LogP contribution in [-0.4, -0.2) is 46.3 Å². The predicted octanol–water partition coefficient (Wildman–Crippen LogP) is 2.40. The second-order valence-electron chi connectivity index (χ2n) is 7.89. The molecule has 0 unspecified atom stereocenters. The van der Waals surface area contributed by atoms with E-state index in [1.807, 2.05) is 19.3 Å². The van der Waals surface area contributed by atoms with Crippen LogP contribution in [0.1, 0.15) is 43.7 Å². The quantitative estimate of drug-likeness (QED) is 0.719. The van der Waals surface area contributed by atoms with Crippen molar-refractivity contribution in [1.29, 1.82) is 0 Å². The van der Waals surface area contributed by atoms with E-state index < -0.39 is 0 Å². The normalized spacial score (nSPS) is 27.4. The number of anilines is 3. The Labute approximate surface area is 147 Å². The fourth-order valence-corrected chi connectivity index (χ4v) is 4.38. The molecule has 0 aromatic carbocycles. The van der Waals surface area contributed by atoms with Crippen LogP contribution in [-0.2, 0) is 0 Å². The molecule has 0 amide bonds. The third-order valence-electron chi connectivity index (χ3n) is 5.96. The minimum Gasteiger partial charge on any atom is -0.337 e. The van der Waals surface area contributed by atoms with Crippen molar-refractivity contribution in [3.63, 3.8) is 0 Å². The molecule has 2 aromatic rings. The lowest BCUT2D eigenvalue weighted by atomic mass is 9.68. The summed E-state index contributed by atoms with van der Waals surface area (Å²) >= 11 is 0. The van der Waals surface area contributed by atoms with E-state index in [0.717, 1.165) is 30.7 Å². The Hall–Kier alpha value is -2.15. The van der Waals surface area contributed by atoms with Gasteiger partial charge in [0.1, 0.15) is 5.82 Å². The molecule has 4 heterocycles. The van der Waals surface area contributed by atoms with Crippen LogP contribution in [0, 0.1) is 5.41 Å². The Bertz CT molecular complexity index is 760. The van der Waals surface area contributed by atoms with Gasteiger partial charge in [-0.25, -0.2) is 4.98 Å². The van der Waals surface area contributed by atoms with Crippen LogP contribution in [0.4, 0.5) is 17.6 Å². The first-order valence-electron chi connectivity index (χ1n) is 9.31. The van der Waals surface area contributed by atoms with Gasteiger partial charge in [-0.2, -0.15) is 10.1 Å². The number of nitrogens with zero attached hydrogens (tertiary/aromatic N) is 4. The van der Waals surface area contributed by atoms with Crippen molar-refractivity contribution in [2.24, 2.45) is 5.41 Å². The summed E-state index contributed by atoms with van der Waals surface area (Å²) < 4.78 is 0. The van der Waals surface area contributed by atoms with E-state index in [4.69, 9.17) is 4.98 Å². The van der Waals surface area contributed by atoms with E-state index in [1.165, 1.54) is 37.8 Å². The fraction of sp³-hybridized carbons (Fsp3) is 0.611. The highest BCUT2D eigenvalue weighted by atomic mass is 15.3. The lowest BCUT2D eigenvalue weighted by molar-refractivity contribution is 0.182. The second kappa shape index (κ2) is 5.69. The van der Waals surface area contributed by atoms with E-state index in [2.05, 4.69) is 36.8 Å². The molecular formula is C18H25N7. The number of aromatic nitrogens is 4. The van der Waals surface area contributed by atoms with Crippen LogP contribution < -0.4 is 15.5 Å². The summed E-state index contributed by atoms with van der Waals surface area (Å²) in [6.07, 6.45) is 8.18. The molecule has 4 aliphatic rings. The van der Waals surface area contributed by atoms with Gasteiger partial charge >= 0.3 is 0 Å². The molecule has 7 heteroatoms. The van der Waals surface area contributed by atoms with Crippen LogP contribution in [0.25, 0.3) is 0 Å². The summed E-state index contributed by atoms with van der Waals surface area (Å²) in [5, 5.41) is 14.1. The van der Waals surface area contributed by atoms with Crippen molar-refractivity contribution in [2.75, 3.05) is 30.4 Å². The molecule has 0 radical (unpaired) electrons. The molecule has 2 aromatic heterocycles. The minimum absolute atomic E-state index is 0.474. The van der Waals surface area contributed by atoms with E-state index in [-0.39, 0.29) is 0 Å². The molecule has 4 fully saturated rings. The Morgan fingerprint density at radius 1 is 1.32 bits per heavy atom. The number of fused-ring (bicyclic) bond motifs is 1. The molecule has 25 heavy (non-hydrogen) atoms. The topological polar surface area (TPSA) is 81.8 Å². The van der Waals surface area contributed by atoms with Gasteiger partial charge in [0.15, 0.2) is 5.82 Å². The van der Waals surface area contributed by atoms with Crippen molar-refractivity contribution in [3.8, 4) is 0 Å². The summed E-state index contributed by atoms with van der Waals surface area (Å²) in [6.45, 7) is 2.17. The van der Waals surface area contributed by atoms with Gasteiger partial charge in [-0.3, -0.25) is 5.10 Å². The molecule has 2 aliphatic carbocycles. The van der Waals surface area contributed by atoms with Crippen LogP contribution >= 0.6 is 0 Å². The number of aromatic amines is 1. The molecule has 2 bridgehead atoms. The maximum atomic E-state index is 4.74. The van der Waals surface area contributed by atoms with E-state index in [9.17, 15) is 0 Å². The molecule has 2 saturated carbocycles. The number of nitrogens with one attached hydrogen (secondary N) is 3. The lowest BCUT2D eigenvalue weighted by Gasteiger charge is -2.36. The van der Waals surface area contributed by atoms with Crippen molar-refractivity contribution in [2.45, 2.75) is 44.1 Å². The Balaban J connectivity index is 1.28. The van der Waals surface area contributed by atoms with E-state index >= 15 is 0 Å². The highest BCUT2D eigenvalue weighted by Crippen LogP contribution is 2.54. The summed E-state index contributed by atoms with van der Waals surface area (Å²) in [5.74, 6) is 3.17. The highest BCUT2D eigenvalue weighted by molar-refractivity contribution is 5.54. The average Bonchev–Trinajstić information content (AvgIpc) is 3.08. The van der Waals surface area contributed by atoms with Crippen LogP contribution in [0.5, 0.6) is 0 Å². The van der Waals surface area contributed by atoms with Gasteiger partial charge in [0.25, 0.3) is 0 Å². The maximum Gasteiger partial charge on any atom is 0.227 e. The number of rotatable bonds is 7. The molecule has 132 valence electrons. The molecule has 3 N–H and O–H groups in total. The molecule has 6 rings (SSSR count). The fourth-order valence-electron chi connectivity index (χ4n) is 4.38. The molecule has 0 spiro atoms. The van der Waals surface area contributed by atoms with Crippen molar-refractivity contribution < 1.29 is 0 Å². The smallest absolute Gasteiger partial charge is 0.227 e. The Kier molecular flexibility index (Phi) is 3.45. The zero-order chi connectivity index (χ0) is 16.9. The average molecular weight is 339 g/mol. The summed E-state index contributed by atoms with van der Waals surface area (Å²) in [4.78, 5) is 11.7. The largest absolute Gasteiger partial charge is 0.337 e. The van der Waals surface area contributed by atoms with Gasteiger partial charge in [0.2, 0.25) is 5.95 Å². The maximum absolute atomic E-state index is 4.74. The standard InChI is InChI=1S/C18H25N7/c1-19-7-5-18-9-13(10-18)25(11-18)17-20-6-4-15(22-17)21-16-8-14(23-24-16)12-2-3-12/h4,6,8,12-13,19H,2-3,5,7,9-11H2,1H3,(H2,20,21,22,23,24). The first-order chi connectivity index (χ1) is 12.2. The first-order valence-corrected chi connectivity index (χ1v) is 9.31. The summed E-state index contributed by atoms with van der Waals surface area (Å²) in [7, 11) is 2.03. The van der Waals surface area contributed by atoms with Crippen molar-refractivity contribution >= 4 is 17.6 Å². The molecule has 0 atom stereocenters. The monoisotopic (exact) mass is 339 g/mol. The van der Waals surface area contributed by atoms with Gasteiger partial charge in [-0.15, -0.1) is 0 Å². The summed E-state index contributed by atoms with van der Waals surface area (Å²) in [6, 6.07) is 4.62. The number of hydrogen-bond acceptors (Lipinski definition) is 6. The molecule has 7 nitrogen and oxygen atoms in total. The second-order valence-corrected chi connectivity index (χ2v) is 7.89. The van der Waals surface area contributed by atoms with Crippen LogP contribution in [0.3, 0.4) is 0 Å². The van der Waals surface area contributed by atoms with Crippen LogP contribution in [0.15, 0.2) is 18.3 Å². The predicted molar refractivity (Wildman–Crippen MR) is 97.2 cm³/mol. The minimum atomic E-state index is 0.474. The first kappa shape index (κ1) is 15.1. The van der Waals surface area contributed by atoms with E-state index in [0.29, 0.717) is 17.4 Å². The van der Waals surface area contributed by atoms with Gasteiger partial charge in [0.05, 0.1) is 0 Å². The van der Waals surface area contributed by atoms with Crippen molar-refractivity contribution in [3.05, 3.63) is 24.0 Å². The zero-order valence-corrected chi connectivity index (χ0v) is 14.6. The zero-order valence-electron chi connectivity index (χ0n) is 14.6. The van der Waals surface area contributed by atoms with Gasteiger partial charge in [-0.05, 0) is 57.2 Å². The SMILES string of the molecule is CNCCC12CC(C1)N(c1nccc(Nc3cc(C4CC4)[nH]n3)n1)C2. The van der Waals surface area contributed by atoms with Gasteiger partial charge in [-0.1, -0.05) is 0 Å². The van der Waals surface area contributed by atoms with Gasteiger partial charge < -0.3 is 15.5 Å². The summed E-state index contributed by atoms with van der Waals surface area (Å²) in [5.41, 5.74) is 1.70. The third kappa shape index (κ3) is 2.76. The number of H-pyrrole nitrogens is 1. The lowest BCUT2D eigenvalue weighted by Crippen LogP contribution is -2.36. The van der Waals surface area contributed by atoms with E-state index in [1.54, 1.807) is 0 Å². The Morgan fingerprint density at radius 2 is 2.20 bits per heavy atom. The van der Waals surface area contributed by atoms with Gasteiger partial charge in [0, 0.05) is 36.5 Å². The molecule has 2 saturated heterocycles. The number of hydrogen-bond donors (Lipinski definition) is 3. The highest BCUT2D eigenvalue weighted by Gasteiger charge is 2.55. The third-order valence-corrected chi connectivity index (χ3v) is 5.96. The molecule has 2 aliphatic heterocycles. The Morgan fingerprint density at radius 3 is 3.00 bits per heavy atom.